The van der Waals surface area contributed by atoms with Gasteiger partial charge in [-0.2, -0.15) is 0 Å². The molecule has 4 nitrogen and oxygen atoms in total. The van der Waals surface area contributed by atoms with Crippen LogP contribution >= 0.6 is 0 Å². The summed E-state index contributed by atoms with van der Waals surface area (Å²) in [5.41, 5.74) is 6.98. The molecule has 17 heavy (non-hydrogen) atoms. The van der Waals surface area contributed by atoms with Gasteiger partial charge in [-0.3, -0.25) is 4.98 Å². The molecule has 2 rings (SSSR count). The van der Waals surface area contributed by atoms with E-state index in [1.54, 1.807) is 12.4 Å². The Morgan fingerprint density at radius 1 is 1.24 bits per heavy atom. The van der Waals surface area contributed by atoms with Crippen molar-refractivity contribution in [3.05, 3.63) is 24.0 Å². The summed E-state index contributed by atoms with van der Waals surface area (Å²) >= 11 is 0. The summed E-state index contributed by atoms with van der Waals surface area (Å²) in [6.07, 6.45) is 3.50. The van der Waals surface area contributed by atoms with Gasteiger partial charge in [-0.1, -0.05) is 0 Å². The molecule has 0 aromatic carbocycles. The summed E-state index contributed by atoms with van der Waals surface area (Å²) in [6, 6.07) is 1.90. The zero-order valence-corrected chi connectivity index (χ0v) is 10.9. The number of pyridine rings is 1. The molecule has 1 fully saturated rings. The summed E-state index contributed by atoms with van der Waals surface area (Å²) in [7, 11) is -0.382. The Balaban J connectivity index is 2.32. The molecule has 0 amide bonds. The van der Waals surface area contributed by atoms with Crippen LogP contribution in [-0.2, 0) is 15.9 Å². The van der Waals surface area contributed by atoms with Crippen LogP contribution in [0.5, 0.6) is 0 Å². The van der Waals surface area contributed by atoms with E-state index in [-0.39, 0.29) is 18.3 Å². The number of rotatable bonds is 2. The molecule has 0 radical (unpaired) electrons. The Bertz CT molecular complexity index is 405. The molecule has 1 aliphatic heterocycles. The molecule has 1 saturated heterocycles. The van der Waals surface area contributed by atoms with E-state index >= 15 is 0 Å². The largest absolute Gasteiger partial charge is 0.496 e. The van der Waals surface area contributed by atoms with E-state index in [0.717, 1.165) is 11.0 Å². The second kappa shape index (κ2) is 4.08. The van der Waals surface area contributed by atoms with E-state index in [2.05, 4.69) is 4.98 Å². The Morgan fingerprint density at radius 3 is 2.35 bits per heavy atom. The van der Waals surface area contributed by atoms with Crippen LogP contribution in [-0.4, -0.2) is 23.3 Å². The third kappa shape index (κ3) is 2.10. The van der Waals surface area contributed by atoms with E-state index < -0.39 is 0 Å². The maximum Gasteiger partial charge on any atom is 0.496 e. The molecule has 2 N–H and O–H groups in total. The Kier molecular flexibility index (Phi) is 3.02. The molecule has 0 atom stereocenters. The zero-order chi connectivity index (χ0) is 12.7. The fourth-order valence-electron chi connectivity index (χ4n) is 1.80. The molecule has 0 unspecified atom stereocenters. The first-order chi connectivity index (χ1) is 7.87. The highest BCUT2D eigenvalue weighted by Gasteiger charge is 2.52. The first-order valence-electron chi connectivity index (χ1n) is 5.86. The molecule has 5 heteroatoms. The lowest BCUT2D eigenvalue weighted by Gasteiger charge is -2.32. The van der Waals surface area contributed by atoms with Gasteiger partial charge in [0.05, 0.1) is 11.2 Å². The zero-order valence-electron chi connectivity index (χ0n) is 10.9. The molecule has 0 saturated carbocycles. The van der Waals surface area contributed by atoms with E-state index in [9.17, 15) is 0 Å². The van der Waals surface area contributed by atoms with Crippen LogP contribution in [0.1, 0.15) is 33.3 Å². The monoisotopic (exact) mass is 234 g/mol. The summed E-state index contributed by atoms with van der Waals surface area (Å²) in [5.74, 6) is 0. The van der Waals surface area contributed by atoms with Gasteiger partial charge in [0.1, 0.15) is 0 Å². The van der Waals surface area contributed by atoms with E-state index in [1.807, 2.05) is 33.8 Å². The van der Waals surface area contributed by atoms with E-state index in [0.29, 0.717) is 6.54 Å². The molecule has 1 aromatic rings. The smallest absolute Gasteiger partial charge is 0.399 e. The molecule has 0 bridgehead atoms. The molecule has 92 valence electrons. The van der Waals surface area contributed by atoms with Gasteiger partial charge in [0, 0.05) is 24.4 Å². The van der Waals surface area contributed by atoms with Crippen molar-refractivity contribution in [1.82, 2.24) is 4.98 Å². The van der Waals surface area contributed by atoms with Crippen LogP contribution in [0.3, 0.4) is 0 Å². The number of aromatic nitrogens is 1. The van der Waals surface area contributed by atoms with Crippen LogP contribution in [0.4, 0.5) is 0 Å². The number of nitrogens with two attached hydrogens (primary N) is 1. The Morgan fingerprint density at radius 2 is 1.82 bits per heavy atom. The van der Waals surface area contributed by atoms with Crippen molar-refractivity contribution in [2.75, 3.05) is 0 Å². The molecule has 1 aliphatic rings. The molecule has 0 aliphatic carbocycles. The molecular weight excluding hydrogens is 215 g/mol. The number of hydrogen-bond acceptors (Lipinski definition) is 4. The number of hydrogen-bond donors (Lipinski definition) is 1. The maximum atomic E-state index is 5.97. The first-order valence-corrected chi connectivity index (χ1v) is 5.86. The van der Waals surface area contributed by atoms with Crippen LogP contribution in [0, 0.1) is 0 Å². The minimum Gasteiger partial charge on any atom is -0.399 e. The van der Waals surface area contributed by atoms with Crippen LogP contribution in [0.2, 0.25) is 0 Å². The lowest BCUT2D eigenvalue weighted by Crippen LogP contribution is -2.41. The first kappa shape index (κ1) is 12.5. The van der Waals surface area contributed by atoms with E-state index in [4.69, 9.17) is 15.0 Å². The lowest BCUT2D eigenvalue weighted by atomic mass is 9.77. The standard InChI is InChI=1S/C12H19BN2O2/c1-11(2)12(3,4)17-13(16-11)10-8-15-6-5-9(10)7-14/h5-6,8H,7,14H2,1-4H3. The van der Waals surface area contributed by atoms with Crippen LogP contribution in [0.25, 0.3) is 0 Å². The summed E-state index contributed by atoms with van der Waals surface area (Å²) in [4.78, 5) is 4.12. The molecular formula is C12H19BN2O2. The van der Waals surface area contributed by atoms with Gasteiger partial charge >= 0.3 is 7.12 Å². The van der Waals surface area contributed by atoms with Gasteiger partial charge in [0.25, 0.3) is 0 Å². The molecule has 1 aromatic heterocycles. The summed E-state index contributed by atoms with van der Waals surface area (Å²) in [5, 5.41) is 0. The fraction of sp³-hybridized carbons (Fsp3) is 0.583. The maximum absolute atomic E-state index is 5.97. The summed E-state index contributed by atoms with van der Waals surface area (Å²) < 4.78 is 11.9. The van der Waals surface area contributed by atoms with Crippen molar-refractivity contribution in [3.63, 3.8) is 0 Å². The van der Waals surface area contributed by atoms with Crippen molar-refractivity contribution < 1.29 is 9.31 Å². The lowest BCUT2D eigenvalue weighted by molar-refractivity contribution is 0.00578. The van der Waals surface area contributed by atoms with Crippen molar-refractivity contribution in [2.24, 2.45) is 5.73 Å². The van der Waals surface area contributed by atoms with Crippen molar-refractivity contribution in [3.8, 4) is 0 Å². The SMILES string of the molecule is CC1(C)OB(c2cnccc2CN)OC1(C)C. The Labute approximate surface area is 103 Å². The predicted octanol–water partition coefficient (Wildman–Crippen LogP) is 0.840. The van der Waals surface area contributed by atoms with Gasteiger partial charge in [0.2, 0.25) is 0 Å². The van der Waals surface area contributed by atoms with Crippen LogP contribution in [0.15, 0.2) is 18.5 Å². The van der Waals surface area contributed by atoms with Gasteiger partial charge in [0.15, 0.2) is 0 Å². The van der Waals surface area contributed by atoms with Crippen molar-refractivity contribution >= 4 is 12.6 Å². The average Bonchev–Trinajstić information content (AvgIpc) is 2.48. The van der Waals surface area contributed by atoms with Crippen molar-refractivity contribution in [2.45, 2.75) is 45.4 Å². The topological polar surface area (TPSA) is 57.4 Å². The van der Waals surface area contributed by atoms with Crippen molar-refractivity contribution in [1.29, 1.82) is 0 Å². The number of nitrogens with zero attached hydrogens (tertiary/aromatic N) is 1. The van der Waals surface area contributed by atoms with Gasteiger partial charge < -0.3 is 15.0 Å². The normalized spacial score (nSPS) is 21.8. The van der Waals surface area contributed by atoms with E-state index in [1.165, 1.54) is 0 Å². The quantitative estimate of drug-likeness (QED) is 0.770. The second-order valence-corrected chi connectivity index (χ2v) is 5.37. The van der Waals surface area contributed by atoms with Crippen LogP contribution < -0.4 is 11.2 Å². The Hall–Kier alpha value is -0.905. The van der Waals surface area contributed by atoms with Gasteiger partial charge in [-0.05, 0) is 39.3 Å². The predicted molar refractivity (Wildman–Crippen MR) is 67.8 cm³/mol. The highest BCUT2D eigenvalue weighted by molar-refractivity contribution is 6.62. The highest BCUT2D eigenvalue weighted by Crippen LogP contribution is 2.36. The third-order valence-corrected chi connectivity index (χ3v) is 3.67. The molecule has 0 spiro atoms. The average molecular weight is 234 g/mol. The molecule has 2 heterocycles. The highest BCUT2D eigenvalue weighted by atomic mass is 16.7. The third-order valence-electron chi connectivity index (χ3n) is 3.67. The van der Waals surface area contributed by atoms with Gasteiger partial charge in [-0.15, -0.1) is 0 Å². The van der Waals surface area contributed by atoms with Gasteiger partial charge in [-0.25, -0.2) is 0 Å². The summed E-state index contributed by atoms with van der Waals surface area (Å²) in [6.45, 7) is 8.59. The minimum absolute atomic E-state index is 0.334. The second-order valence-electron chi connectivity index (χ2n) is 5.37. The fourth-order valence-corrected chi connectivity index (χ4v) is 1.80. The minimum atomic E-state index is -0.382.